The number of carbonyl (C=O) groups is 1. The molecule has 0 atom stereocenters. The second-order valence-corrected chi connectivity index (χ2v) is 7.00. The number of nitrogens with one attached hydrogen (secondary N) is 2. The quantitative estimate of drug-likeness (QED) is 0.526. The lowest BCUT2D eigenvalue weighted by atomic mass is 10.0. The van der Waals surface area contributed by atoms with Crippen LogP contribution in [0.3, 0.4) is 0 Å². The highest BCUT2D eigenvalue weighted by Gasteiger charge is 2.19. The van der Waals surface area contributed by atoms with E-state index in [2.05, 4.69) is 55.7 Å². The smallest absolute Gasteiger partial charge is 0.222 e. The second-order valence-electron chi connectivity index (χ2n) is 7.00. The van der Waals surface area contributed by atoms with Gasteiger partial charge in [-0.1, -0.05) is 51.0 Å². The summed E-state index contributed by atoms with van der Waals surface area (Å²) in [7, 11) is 0. The first-order valence-corrected chi connectivity index (χ1v) is 10.0. The highest BCUT2D eigenvalue weighted by molar-refractivity contribution is 5.79. The van der Waals surface area contributed by atoms with Crippen molar-refractivity contribution in [3.05, 3.63) is 35.4 Å². The van der Waals surface area contributed by atoms with E-state index in [-0.39, 0.29) is 5.91 Å². The Bertz CT molecular complexity index is 595. The van der Waals surface area contributed by atoms with Gasteiger partial charge in [0.1, 0.15) is 0 Å². The molecule has 5 nitrogen and oxygen atoms in total. The molecule has 0 bridgehead atoms. The highest BCUT2D eigenvalue weighted by atomic mass is 16.2. The normalized spacial score (nSPS) is 15.0. The van der Waals surface area contributed by atoms with Crippen molar-refractivity contribution in [2.24, 2.45) is 10.9 Å². The van der Waals surface area contributed by atoms with Crippen molar-refractivity contribution in [3.8, 4) is 0 Å². The topological polar surface area (TPSA) is 56.7 Å². The van der Waals surface area contributed by atoms with Gasteiger partial charge in [-0.2, -0.15) is 0 Å². The first-order valence-electron chi connectivity index (χ1n) is 10.0. The summed E-state index contributed by atoms with van der Waals surface area (Å²) in [6.07, 6.45) is 4.04. The minimum Gasteiger partial charge on any atom is -0.357 e. The largest absolute Gasteiger partial charge is 0.357 e. The molecule has 0 aromatic heterocycles. The summed E-state index contributed by atoms with van der Waals surface area (Å²) in [5.41, 5.74) is 2.36. The molecule has 0 saturated carbocycles. The average Bonchev–Trinajstić information content (AvgIpc) is 3.05. The van der Waals surface area contributed by atoms with Gasteiger partial charge >= 0.3 is 0 Å². The number of nitrogens with zero attached hydrogens (tertiary/aromatic N) is 2. The number of hydrogen-bond acceptors (Lipinski definition) is 2. The van der Waals surface area contributed by atoms with Crippen molar-refractivity contribution in [2.75, 3.05) is 19.6 Å². The van der Waals surface area contributed by atoms with Crippen molar-refractivity contribution >= 4 is 11.9 Å². The third-order valence-electron chi connectivity index (χ3n) is 5.01. The summed E-state index contributed by atoms with van der Waals surface area (Å²) in [6.45, 7) is 10.6. The first kappa shape index (κ1) is 20.3. The molecule has 2 rings (SSSR count). The lowest BCUT2D eigenvalue weighted by Gasteiger charge is -2.17. The van der Waals surface area contributed by atoms with Gasteiger partial charge in [0.15, 0.2) is 5.96 Å². The fourth-order valence-corrected chi connectivity index (χ4v) is 3.25. The van der Waals surface area contributed by atoms with E-state index in [0.29, 0.717) is 25.4 Å². The Morgan fingerprint density at radius 2 is 1.96 bits per heavy atom. The Kier molecular flexibility index (Phi) is 8.45. The molecule has 1 aliphatic heterocycles. The van der Waals surface area contributed by atoms with Crippen LogP contribution in [0.15, 0.2) is 29.3 Å². The number of aliphatic imine (C=N–C) groups is 1. The molecule has 1 aromatic rings. The third-order valence-corrected chi connectivity index (χ3v) is 5.01. The van der Waals surface area contributed by atoms with Gasteiger partial charge in [-0.15, -0.1) is 0 Å². The van der Waals surface area contributed by atoms with Crippen LogP contribution in [-0.4, -0.2) is 36.4 Å². The number of carbonyl (C=O) groups excluding carboxylic acids is 1. The lowest BCUT2D eigenvalue weighted by molar-refractivity contribution is -0.128. The van der Waals surface area contributed by atoms with Crippen molar-refractivity contribution in [3.63, 3.8) is 0 Å². The van der Waals surface area contributed by atoms with Gasteiger partial charge in [0.25, 0.3) is 0 Å². The molecular weight excluding hydrogens is 324 g/mol. The molecule has 5 heteroatoms. The number of hydrogen-bond donors (Lipinski definition) is 2. The number of rotatable bonds is 9. The summed E-state index contributed by atoms with van der Waals surface area (Å²) in [4.78, 5) is 18.5. The number of guanidine groups is 1. The first-order chi connectivity index (χ1) is 12.7. The molecule has 0 unspecified atom stereocenters. The van der Waals surface area contributed by atoms with Crippen LogP contribution in [0.5, 0.6) is 0 Å². The van der Waals surface area contributed by atoms with E-state index in [9.17, 15) is 4.79 Å². The summed E-state index contributed by atoms with van der Waals surface area (Å²) >= 11 is 0. The van der Waals surface area contributed by atoms with Gasteiger partial charge in [0.05, 0.1) is 6.54 Å². The molecule has 1 aliphatic rings. The lowest BCUT2D eigenvalue weighted by Crippen LogP contribution is -2.39. The Morgan fingerprint density at radius 1 is 1.19 bits per heavy atom. The van der Waals surface area contributed by atoms with E-state index in [4.69, 9.17) is 4.99 Å². The Labute approximate surface area is 158 Å². The van der Waals surface area contributed by atoms with E-state index in [0.717, 1.165) is 32.0 Å². The molecule has 1 amide bonds. The number of likely N-dealkylation sites (tertiary alicyclic amines) is 1. The van der Waals surface area contributed by atoms with Crippen LogP contribution in [0.1, 0.15) is 57.6 Å². The van der Waals surface area contributed by atoms with E-state index < -0.39 is 0 Å². The summed E-state index contributed by atoms with van der Waals surface area (Å²) < 4.78 is 0. The second kappa shape index (κ2) is 10.8. The van der Waals surface area contributed by atoms with Crippen LogP contribution in [0, 0.1) is 5.92 Å². The minimum atomic E-state index is 0.272. The van der Waals surface area contributed by atoms with E-state index in [1.54, 1.807) is 0 Å². The fourth-order valence-electron chi connectivity index (χ4n) is 3.25. The van der Waals surface area contributed by atoms with Crippen molar-refractivity contribution in [1.29, 1.82) is 0 Å². The minimum absolute atomic E-state index is 0.272. The zero-order valence-electron chi connectivity index (χ0n) is 16.6. The maximum atomic E-state index is 11.8. The predicted molar refractivity (Wildman–Crippen MR) is 108 cm³/mol. The van der Waals surface area contributed by atoms with Gasteiger partial charge in [0, 0.05) is 32.6 Å². The summed E-state index contributed by atoms with van der Waals surface area (Å²) in [5.74, 6) is 1.83. The van der Waals surface area contributed by atoms with E-state index >= 15 is 0 Å². The van der Waals surface area contributed by atoms with E-state index in [1.807, 2.05) is 4.90 Å². The molecule has 26 heavy (non-hydrogen) atoms. The van der Waals surface area contributed by atoms with Gasteiger partial charge < -0.3 is 15.5 Å². The number of amides is 1. The molecular formula is C21H34N4O. The maximum Gasteiger partial charge on any atom is 0.222 e. The van der Waals surface area contributed by atoms with Crippen LogP contribution in [0.25, 0.3) is 0 Å². The van der Waals surface area contributed by atoms with E-state index in [1.165, 1.54) is 24.0 Å². The zero-order valence-corrected chi connectivity index (χ0v) is 16.6. The third kappa shape index (κ3) is 6.36. The molecule has 0 spiro atoms. The molecule has 1 fully saturated rings. The maximum absolute atomic E-state index is 11.8. The molecule has 0 radical (unpaired) electrons. The molecule has 1 heterocycles. The molecule has 0 aliphatic carbocycles. The fraction of sp³-hybridized carbons (Fsp3) is 0.619. The molecule has 1 saturated heterocycles. The predicted octanol–water partition coefficient (Wildman–Crippen LogP) is 3.30. The summed E-state index contributed by atoms with van der Waals surface area (Å²) in [5, 5.41) is 6.78. The van der Waals surface area contributed by atoms with Crippen LogP contribution in [0.4, 0.5) is 0 Å². The Balaban J connectivity index is 1.95. The van der Waals surface area contributed by atoms with Gasteiger partial charge in [-0.3, -0.25) is 4.79 Å². The SMILES string of the molecule is CCNC(=NCc1cccc(CN2CCCC2=O)c1)NCC(CC)CC. The van der Waals surface area contributed by atoms with Crippen LogP contribution in [0.2, 0.25) is 0 Å². The summed E-state index contributed by atoms with van der Waals surface area (Å²) in [6, 6.07) is 8.42. The van der Waals surface area contributed by atoms with Gasteiger partial charge in [0.2, 0.25) is 5.91 Å². The van der Waals surface area contributed by atoms with Gasteiger partial charge in [-0.05, 0) is 30.4 Å². The van der Waals surface area contributed by atoms with Crippen molar-refractivity contribution in [2.45, 2.75) is 59.5 Å². The molecule has 144 valence electrons. The number of benzene rings is 1. The van der Waals surface area contributed by atoms with Gasteiger partial charge in [-0.25, -0.2) is 4.99 Å². The Hall–Kier alpha value is -2.04. The standard InChI is InChI=1S/C21H34N4O/c1-4-17(5-2)14-23-21(22-6-3)24-15-18-9-7-10-19(13-18)16-25-12-8-11-20(25)26/h7,9-10,13,17H,4-6,8,11-12,14-16H2,1-3H3,(H2,22,23,24). The van der Waals surface area contributed by atoms with Crippen molar-refractivity contribution in [1.82, 2.24) is 15.5 Å². The Morgan fingerprint density at radius 3 is 2.62 bits per heavy atom. The highest BCUT2D eigenvalue weighted by Crippen LogP contribution is 2.15. The van der Waals surface area contributed by atoms with Crippen LogP contribution < -0.4 is 10.6 Å². The van der Waals surface area contributed by atoms with Crippen LogP contribution in [-0.2, 0) is 17.9 Å². The molecule has 2 N–H and O–H groups in total. The molecule has 1 aromatic carbocycles. The van der Waals surface area contributed by atoms with Crippen LogP contribution >= 0.6 is 0 Å². The average molecular weight is 359 g/mol. The monoisotopic (exact) mass is 358 g/mol. The zero-order chi connectivity index (χ0) is 18.8. The van der Waals surface area contributed by atoms with Crippen molar-refractivity contribution < 1.29 is 4.79 Å².